The molecule has 6 nitrogen and oxygen atoms in total. The summed E-state index contributed by atoms with van der Waals surface area (Å²) in [5.41, 5.74) is 8.21. The molecule has 0 saturated carbocycles. The summed E-state index contributed by atoms with van der Waals surface area (Å²) in [6, 6.07) is 5.15. The van der Waals surface area contributed by atoms with Gasteiger partial charge < -0.3 is 5.73 Å². The Morgan fingerprint density at radius 3 is 2.68 bits per heavy atom. The molecule has 0 atom stereocenters. The van der Waals surface area contributed by atoms with Gasteiger partial charge in [0.1, 0.15) is 5.82 Å². The second-order valence-electron chi connectivity index (χ2n) is 4.40. The molecule has 2 aromatic rings. The molecule has 1 heterocycles. The van der Waals surface area contributed by atoms with Gasteiger partial charge in [-0.1, -0.05) is 24.6 Å². The highest BCUT2D eigenvalue weighted by molar-refractivity contribution is 5.97. The van der Waals surface area contributed by atoms with E-state index in [0.717, 1.165) is 11.1 Å². The van der Waals surface area contributed by atoms with Crippen LogP contribution >= 0.6 is 0 Å². The van der Waals surface area contributed by atoms with Crippen LogP contribution in [0, 0.1) is 13.8 Å². The zero-order valence-electron chi connectivity index (χ0n) is 11.3. The fourth-order valence-corrected chi connectivity index (χ4v) is 1.92. The summed E-state index contributed by atoms with van der Waals surface area (Å²) in [5, 5.41) is 6.82. The number of aryl methyl sites for hydroxylation is 3. The average Bonchev–Trinajstić information content (AvgIpc) is 2.80. The predicted molar refractivity (Wildman–Crippen MR) is 73.4 cm³/mol. The van der Waals surface area contributed by atoms with Gasteiger partial charge in [-0.05, 0) is 25.5 Å². The van der Waals surface area contributed by atoms with Gasteiger partial charge in [0.25, 0.3) is 5.95 Å². The van der Waals surface area contributed by atoms with Crippen molar-refractivity contribution in [3.63, 3.8) is 0 Å². The number of primary amides is 1. The van der Waals surface area contributed by atoms with E-state index >= 15 is 0 Å². The van der Waals surface area contributed by atoms with Gasteiger partial charge in [0.2, 0.25) is 0 Å². The smallest absolute Gasteiger partial charge is 0.326 e. The number of nitrogens with zero attached hydrogens (tertiary/aromatic N) is 3. The highest BCUT2D eigenvalue weighted by atomic mass is 16.2. The predicted octanol–water partition coefficient (Wildman–Crippen LogP) is 2.20. The van der Waals surface area contributed by atoms with Crippen molar-refractivity contribution in [2.24, 2.45) is 5.73 Å². The molecule has 0 saturated heterocycles. The summed E-state index contributed by atoms with van der Waals surface area (Å²) in [6.45, 7) is 5.87. The minimum atomic E-state index is -0.603. The van der Waals surface area contributed by atoms with Crippen LogP contribution in [0.3, 0.4) is 0 Å². The molecule has 0 spiro atoms. The Hall–Kier alpha value is -2.37. The topological polar surface area (TPSA) is 87.9 Å². The van der Waals surface area contributed by atoms with Crippen molar-refractivity contribution in [3.8, 4) is 0 Å². The summed E-state index contributed by atoms with van der Waals surface area (Å²) in [7, 11) is 0. The molecule has 3 N–H and O–H groups in total. The number of anilines is 2. The van der Waals surface area contributed by atoms with E-state index < -0.39 is 6.03 Å². The Balaban J connectivity index is 2.48. The van der Waals surface area contributed by atoms with Crippen molar-refractivity contribution < 1.29 is 4.79 Å². The Labute approximate surface area is 111 Å². The Morgan fingerprint density at radius 2 is 2.16 bits per heavy atom. The number of urea groups is 1. The number of H-pyrrole nitrogens is 1. The largest absolute Gasteiger partial charge is 0.351 e. The zero-order chi connectivity index (χ0) is 14.0. The third-order valence-electron chi connectivity index (χ3n) is 2.87. The van der Waals surface area contributed by atoms with Crippen LogP contribution in [0.25, 0.3) is 0 Å². The summed E-state index contributed by atoms with van der Waals surface area (Å²) >= 11 is 0. The number of nitrogens with two attached hydrogens (primary N) is 1. The number of hydrogen-bond acceptors (Lipinski definition) is 3. The average molecular weight is 259 g/mol. The van der Waals surface area contributed by atoms with Crippen molar-refractivity contribution in [1.82, 2.24) is 15.2 Å². The monoisotopic (exact) mass is 259 g/mol. The minimum absolute atomic E-state index is 0.274. The molecule has 2 rings (SSSR count). The fraction of sp³-hybridized carbons (Fsp3) is 0.308. The second kappa shape index (κ2) is 5.09. The molecular weight excluding hydrogens is 242 g/mol. The molecule has 0 fully saturated rings. The van der Waals surface area contributed by atoms with Crippen LogP contribution in [0.4, 0.5) is 16.4 Å². The first-order chi connectivity index (χ1) is 9.02. The van der Waals surface area contributed by atoms with Crippen LogP contribution in [-0.4, -0.2) is 21.2 Å². The van der Waals surface area contributed by atoms with Gasteiger partial charge in [0.15, 0.2) is 0 Å². The SMILES string of the molecule is CCc1nc(N(C(N)=O)c2ccc(C)cc2C)n[nH]1. The Kier molecular flexibility index (Phi) is 3.50. The van der Waals surface area contributed by atoms with Crippen LogP contribution in [0.15, 0.2) is 18.2 Å². The van der Waals surface area contributed by atoms with Gasteiger partial charge in [-0.2, -0.15) is 4.98 Å². The van der Waals surface area contributed by atoms with E-state index in [2.05, 4.69) is 15.2 Å². The lowest BCUT2D eigenvalue weighted by atomic mass is 10.1. The Bertz CT molecular complexity index is 605. The highest BCUT2D eigenvalue weighted by Crippen LogP contribution is 2.26. The minimum Gasteiger partial charge on any atom is -0.351 e. The lowest BCUT2D eigenvalue weighted by molar-refractivity contribution is 0.256. The van der Waals surface area contributed by atoms with Crippen LogP contribution in [-0.2, 0) is 6.42 Å². The first kappa shape index (κ1) is 13.1. The number of aromatic nitrogens is 3. The molecule has 0 radical (unpaired) electrons. The fourth-order valence-electron chi connectivity index (χ4n) is 1.92. The molecule has 2 amide bonds. The van der Waals surface area contributed by atoms with Crippen molar-refractivity contribution in [2.75, 3.05) is 4.90 Å². The second-order valence-corrected chi connectivity index (χ2v) is 4.40. The molecule has 0 aliphatic rings. The van der Waals surface area contributed by atoms with Crippen molar-refractivity contribution in [2.45, 2.75) is 27.2 Å². The normalized spacial score (nSPS) is 10.5. The molecular formula is C13H17N5O. The van der Waals surface area contributed by atoms with Gasteiger partial charge in [-0.25, -0.2) is 9.69 Å². The van der Waals surface area contributed by atoms with Gasteiger partial charge in [0, 0.05) is 6.42 Å². The van der Waals surface area contributed by atoms with E-state index in [-0.39, 0.29) is 5.95 Å². The van der Waals surface area contributed by atoms with E-state index in [1.165, 1.54) is 4.90 Å². The number of carbonyl (C=O) groups excluding carboxylic acids is 1. The quantitative estimate of drug-likeness (QED) is 0.885. The highest BCUT2D eigenvalue weighted by Gasteiger charge is 2.21. The summed E-state index contributed by atoms with van der Waals surface area (Å²) < 4.78 is 0. The van der Waals surface area contributed by atoms with Crippen molar-refractivity contribution >= 4 is 17.7 Å². The molecule has 1 aromatic carbocycles. The number of hydrogen-bond donors (Lipinski definition) is 2. The van der Waals surface area contributed by atoms with E-state index in [1.807, 2.05) is 39.0 Å². The van der Waals surface area contributed by atoms with Crippen LogP contribution < -0.4 is 10.6 Å². The molecule has 0 aliphatic carbocycles. The van der Waals surface area contributed by atoms with Gasteiger partial charge in [0.05, 0.1) is 5.69 Å². The van der Waals surface area contributed by atoms with E-state index in [9.17, 15) is 4.79 Å². The molecule has 0 bridgehead atoms. The number of aromatic amines is 1. The number of carbonyl (C=O) groups is 1. The summed E-state index contributed by atoms with van der Waals surface area (Å²) in [4.78, 5) is 17.2. The molecule has 1 aromatic heterocycles. The van der Waals surface area contributed by atoms with Gasteiger partial charge in [-0.3, -0.25) is 5.10 Å². The first-order valence-electron chi connectivity index (χ1n) is 6.11. The number of nitrogens with one attached hydrogen (secondary N) is 1. The molecule has 0 aliphatic heterocycles. The molecule has 0 unspecified atom stereocenters. The van der Waals surface area contributed by atoms with Crippen molar-refractivity contribution in [1.29, 1.82) is 0 Å². The maximum atomic E-state index is 11.7. The first-order valence-corrected chi connectivity index (χ1v) is 6.11. The number of benzene rings is 1. The lowest BCUT2D eigenvalue weighted by Gasteiger charge is -2.18. The molecule has 19 heavy (non-hydrogen) atoms. The number of rotatable bonds is 3. The van der Waals surface area contributed by atoms with E-state index in [4.69, 9.17) is 5.73 Å². The standard InChI is InChI=1S/C13H17N5O/c1-4-11-15-13(17-16-11)18(12(14)19)10-6-5-8(2)7-9(10)3/h5-7H,4H2,1-3H3,(H2,14,19)(H,15,16,17). The molecule has 6 heteroatoms. The molecule has 100 valence electrons. The Morgan fingerprint density at radius 1 is 1.42 bits per heavy atom. The van der Waals surface area contributed by atoms with Crippen LogP contribution in [0.2, 0.25) is 0 Å². The van der Waals surface area contributed by atoms with E-state index in [1.54, 1.807) is 0 Å². The maximum absolute atomic E-state index is 11.7. The van der Waals surface area contributed by atoms with Crippen LogP contribution in [0.5, 0.6) is 0 Å². The van der Waals surface area contributed by atoms with Crippen LogP contribution in [0.1, 0.15) is 23.9 Å². The third-order valence-corrected chi connectivity index (χ3v) is 2.87. The summed E-state index contributed by atoms with van der Waals surface area (Å²) in [6.07, 6.45) is 0.715. The van der Waals surface area contributed by atoms with E-state index in [0.29, 0.717) is 17.9 Å². The maximum Gasteiger partial charge on any atom is 0.326 e. The zero-order valence-corrected chi connectivity index (χ0v) is 11.3. The summed E-state index contributed by atoms with van der Waals surface area (Å²) in [5.74, 6) is 0.988. The van der Waals surface area contributed by atoms with Gasteiger partial charge >= 0.3 is 6.03 Å². The van der Waals surface area contributed by atoms with Crippen molar-refractivity contribution in [3.05, 3.63) is 35.2 Å². The lowest BCUT2D eigenvalue weighted by Crippen LogP contribution is -2.32. The third kappa shape index (κ3) is 2.57. The van der Waals surface area contributed by atoms with Gasteiger partial charge in [-0.15, -0.1) is 5.10 Å². The number of amides is 2.